The van der Waals surface area contributed by atoms with Crippen LogP contribution < -0.4 is 11.1 Å². The number of hydrogen-bond donors (Lipinski definition) is 2. The molecule has 0 radical (unpaired) electrons. The standard InChI is InChI=1S/C15H30N2O6.C2H6.2H2/c1-13(2)14(18)11-22-9-8-21-6-4-17-15(19)12-23-10-7-20-5-3-16;1-2;;/h13H,3-12,16H2,1-2H3,(H,17,19);1-2H3;2*1H. The highest BCUT2D eigenvalue weighted by atomic mass is 16.5. The van der Waals surface area contributed by atoms with Gasteiger partial charge in [-0.3, -0.25) is 9.59 Å². The summed E-state index contributed by atoms with van der Waals surface area (Å²) in [4.78, 5) is 22.7. The highest BCUT2D eigenvalue weighted by molar-refractivity contribution is 5.81. The van der Waals surface area contributed by atoms with Gasteiger partial charge in [0.15, 0.2) is 5.78 Å². The van der Waals surface area contributed by atoms with Crippen LogP contribution in [-0.4, -0.2) is 77.6 Å². The van der Waals surface area contributed by atoms with Crippen molar-refractivity contribution in [3.63, 3.8) is 0 Å². The van der Waals surface area contributed by atoms with Crippen LogP contribution in [0.3, 0.4) is 0 Å². The van der Waals surface area contributed by atoms with Crippen LogP contribution in [0, 0.1) is 5.92 Å². The number of ether oxygens (including phenoxy) is 4. The molecule has 0 spiro atoms. The highest BCUT2D eigenvalue weighted by Crippen LogP contribution is 1.94. The van der Waals surface area contributed by atoms with Gasteiger partial charge in [0.2, 0.25) is 5.91 Å². The Labute approximate surface area is 154 Å². The van der Waals surface area contributed by atoms with Gasteiger partial charge in [0, 0.05) is 21.9 Å². The summed E-state index contributed by atoms with van der Waals surface area (Å²) in [6, 6.07) is 0. The second-order valence-corrected chi connectivity index (χ2v) is 5.09. The first kappa shape index (κ1) is 26.2. The van der Waals surface area contributed by atoms with Gasteiger partial charge in [-0.05, 0) is 0 Å². The number of nitrogens with two attached hydrogens (primary N) is 1. The van der Waals surface area contributed by atoms with E-state index in [0.29, 0.717) is 52.7 Å². The number of carbonyl (C=O) groups excluding carboxylic acids is 2. The number of carbonyl (C=O) groups is 2. The van der Waals surface area contributed by atoms with E-state index in [-0.39, 0.29) is 33.7 Å². The predicted molar refractivity (Wildman–Crippen MR) is 101 cm³/mol. The van der Waals surface area contributed by atoms with Gasteiger partial charge in [0.05, 0.1) is 39.6 Å². The molecular formula is C17H40N2O6. The van der Waals surface area contributed by atoms with E-state index in [1.165, 1.54) is 0 Å². The zero-order valence-electron chi connectivity index (χ0n) is 16.2. The van der Waals surface area contributed by atoms with Crippen molar-refractivity contribution >= 4 is 11.7 Å². The van der Waals surface area contributed by atoms with Crippen molar-refractivity contribution in [2.75, 3.05) is 65.9 Å². The SMILES string of the molecule is CC.CC(C)C(=O)COCCOCCNC(=O)COCCOCCN.[HH].[HH]. The first-order valence-electron chi connectivity index (χ1n) is 8.88. The monoisotopic (exact) mass is 368 g/mol. The van der Waals surface area contributed by atoms with Gasteiger partial charge in [-0.15, -0.1) is 0 Å². The van der Waals surface area contributed by atoms with Crippen LogP contribution in [0.4, 0.5) is 0 Å². The maximum Gasteiger partial charge on any atom is 0.246 e. The molecular weight excluding hydrogens is 328 g/mol. The third-order valence-electron chi connectivity index (χ3n) is 2.70. The Bertz CT molecular complexity index is 324. The lowest BCUT2D eigenvalue weighted by Gasteiger charge is -2.08. The van der Waals surface area contributed by atoms with Crippen LogP contribution in [-0.2, 0) is 28.5 Å². The molecule has 0 fully saturated rings. The molecule has 8 heteroatoms. The minimum absolute atomic E-state index is 0. The molecule has 0 bridgehead atoms. The maximum absolute atomic E-state index is 11.4. The average Bonchev–Trinajstić information content (AvgIpc) is 2.61. The van der Waals surface area contributed by atoms with Crippen molar-refractivity contribution in [3.05, 3.63) is 0 Å². The third-order valence-corrected chi connectivity index (χ3v) is 2.70. The molecule has 0 heterocycles. The fourth-order valence-electron chi connectivity index (χ4n) is 1.34. The van der Waals surface area contributed by atoms with Gasteiger partial charge >= 0.3 is 0 Å². The summed E-state index contributed by atoms with van der Waals surface area (Å²) in [6.07, 6.45) is 0. The Hall–Kier alpha value is -1.06. The lowest BCUT2D eigenvalue weighted by atomic mass is 10.1. The van der Waals surface area contributed by atoms with E-state index in [9.17, 15) is 9.59 Å². The summed E-state index contributed by atoms with van der Waals surface area (Å²) < 4.78 is 20.7. The summed E-state index contributed by atoms with van der Waals surface area (Å²) in [6.45, 7) is 11.0. The van der Waals surface area contributed by atoms with Crippen LogP contribution in [0.15, 0.2) is 0 Å². The van der Waals surface area contributed by atoms with Gasteiger partial charge in [-0.25, -0.2) is 0 Å². The fraction of sp³-hybridized carbons (Fsp3) is 0.882. The normalized spacial score (nSPS) is 10.3. The number of amides is 1. The molecule has 0 aliphatic heterocycles. The lowest BCUT2D eigenvalue weighted by molar-refractivity contribution is -0.128. The minimum Gasteiger partial charge on any atom is -0.378 e. The minimum atomic E-state index is -0.203. The van der Waals surface area contributed by atoms with E-state index < -0.39 is 0 Å². The van der Waals surface area contributed by atoms with Gasteiger partial charge in [-0.2, -0.15) is 0 Å². The molecule has 0 aliphatic carbocycles. The second kappa shape index (κ2) is 21.0. The molecule has 0 aromatic rings. The summed E-state index contributed by atoms with van der Waals surface area (Å²) >= 11 is 0. The Morgan fingerprint density at radius 2 is 1.40 bits per heavy atom. The van der Waals surface area contributed by atoms with Crippen LogP contribution in [0.5, 0.6) is 0 Å². The molecule has 154 valence electrons. The quantitative estimate of drug-likeness (QED) is 0.389. The zero-order valence-corrected chi connectivity index (χ0v) is 16.2. The second-order valence-electron chi connectivity index (χ2n) is 5.09. The molecule has 8 nitrogen and oxygen atoms in total. The number of Topliss-reactive ketones (excluding diaryl/α,β-unsaturated/α-hetero) is 1. The summed E-state index contributed by atoms with van der Waals surface area (Å²) in [7, 11) is 0. The predicted octanol–water partition coefficient (Wildman–Crippen LogP) is 0.871. The summed E-state index contributed by atoms with van der Waals surface area (Å²) in [5.41, 5.74) is 5.26. The molecule has 0 unspecified atom stereocenters. The average molecular weight is 369 g/mol. The van der Waals surface area contributed by atoms with E-state index in [4.69, 9.17) is 24.7 Å². The maximum atomic E-state index is 11.4. The molecule has 0 saturated carbocycles. The summed E-state index contributed by atoms with van der Waals surface area (Å²) in [5.74, 6) is -0.141. The molecule has 0 atom stereocenters. The van der Waals surface area contributed by atoms with Crippen molar-refractivity contribution < 1.29 is 31.4 Å². The van der Waals surface area contributed by atoms with Gasteiger partial charge in [0.1, 0.15) is 13.2 Å². The van der Waals surface area contributed by atoms with Crippen molar-refractivity contribution in [1.82, 2.24) is 5.32 Å². The van der Waals surface area contributed by atoms with Gasteiger partial charge in [0.25, 0.3) is 0 Å². The Morgan fingerprint density at radius 3 is 1.96 bits per heavy atom. The van der Waals surface area contributed by atoms with Crippen molar-refractivity contribution in [3.8, 4) is 0 Å². The lowest BCUT2D eigenvalue weighted by Crippen LogP contribution is -2.31. The van der Waals surface area contributed by atoms with Crippen LogP contribution in [0.25, 0.3) is 0 Å². The van der Waals surface area contributed by atoms with E-state index >= 15 is 0 Å². The fourth-order valence-corrected chi connectivity index (χ4v) is 1.34. The number of ketones is 1. The van der Waals surface area contributed by atoms with Crippen molar-refractivity contribution in [2.24, 2.45) is 11.7 Å². The molecule has 0 aliphatic rings. The highest BCUT2D eigenvalue weighted by Gasteiger charge is 2.06. The van der Waals surface area contributed by atoms with E-state index in [2.05, 4.69) is 5.32 Å². The van der Waals surface area contributed by atoms with Gasteiger partial charge in [-0.1, -0.05) is 27.7 Å². The van der Waals surface area contributed by atoms with E-state index in [0.717, 1.165) is 0 Å². The van der Waals surface area contributed by atoms with Gasteiger partial charge < -0.3 is 30.0 Å². The molecule has 25 heavy (non-hydrogen) atoms. The zero-order chi connectivity index (χ0) is 19.3. The smallest absolute Gasteiger partial charge is 0.246 e. The summed E-state index contributed by atoms with van der Waals surface area (Å²) in [5, 5.41) is 2.66. The number of rotatable bonds is 16. The Kier molecular flexibility index (Phi) is 22.0. The Balaban J connectivity index is -0.000000637. The number of nitrogens with one attached hydrogen (secondary N) is 1. The molecule has 0 saturated heterocycles. The molecule has 0 aromatic carbocycles. The first-order valence-corrected chi connectivity index (χ1v) is 8.88. The van der Waals surface area contributed by atoms with Crippen LogP contribution in [0.1, 0.15) is 30.5 Å². The molecule has 3 N–H and O–H groups in total. The van der Waals surface area contributed by atoms with Crippen molar-refractivity contribution in [1.29, 1.82) is 0 Å². The molecule has 0 aromatic heterocycles. The van der Waals surface area contributed by atoms with E-state index in [1.54, 1.807) is 0 Å². The van der Waals surface area contributed by atoms with E-state index in [1.807, 2.05) is 27.7 Å². The topological polar surface area (TPSA) is 109 Å². The first-order chi connectivity index (χ1) is 12.1. The van der Waals surface area contributed by atoms with Crippen LogP contribution in [0.2, 0.25) is 0 Å². The largest absolute Gasteiger partial charge is 0.378 e. The Morgan fingerprint density at radius 1 is 0.880 bits per heavy atom. The molecule has 1 amide bonds. The van der Waals surface area contributed by atoms with Crippen LogP contribution >= 0.6 is 0 Å². The third kappa shape index (κ3) is 20.9. The number of hydrogen-bond acceptors (Lipinski definition) is 7. The van der Waals surface area contributed by atoms with Crippen molar-refractivity contribution in [2.45, 2.75) is 27.7 Å². The molecule has 0 rings (SSSR count).